The maximum Gasteiger partial charge on any atom is 0.119 e. The maximum absolute atomic E-state index is 9.41. The first-order chi connectivity index (χ1) is 11.2. The number of nitrogens with zero attached hydrogens (tertiary/aromatic N) is 2. The summed E-state index contributed by atoms with van der Waals surface area (Å²) in [5.41, 5.74) is 4.31. The molecule has 1 N–H and O–H groups in total. The van der Waals surface area contributed by atoms with Gasteiger partial charge < -0.3 is 10.1 Å². The number of nitriles is 1. The molecule has 23 heavy (non-hydrogen) atoms. The summed E-state index contributed by atoms with van der Waals surface area (Å²) in [5.74, 6) is 0.795. The fraction of sp³-hybridized carbons (Fsp3) is 0.158. The van der Waals surface area contributed by atoms with Crippen molar-refractivity contribution in [2.45, 2.75) is 13.3 Å². The van der Waals surface area contributed by atoms with Crippen molar-refractivity contribution < 1.29 is 4.74 Å². The second-order valence-corrected chi connectivity index (χ2v) is 5.22. The molecule has 0 spiro atoms. The first-order valence-electron chi connectivity index (χ1n) is 7.48. The van der Waals surface area contributed by atoms with Crippen molar-refractivity contribution in [3.63, 3.8) is 0 Å². The summed E-state index contributed by atoms with van der Waals surface area (Å²) in [6, 6.07) is 16.0. The smallest absolute Gasteiger partial charge is 0.119 e. The van der Waals surface area contributed by atoms with Gasteiger partial charge in [0.1, 0.15) is 11.8 Å². The van der Waals surface area contributed by atoms with Gasteiger partial charge in [-0.25, -0.2) is 0 Å². The van der Waals surface area contributed by atoms with Gasteiger partial charge in [-0.15, -0.1) is 0 Å². The second-order valence-electron chi connectivity index (χ2n) is 5.22. The maximum atomic E-state index is 9.41. The van der Waals surface area contributed by atoms with Crippen LogP contribution in [0, 0.1) is 11.3 Å². The first-order valence-corrected chi connectivity index (χ1v) is 7.48. The van der Waals surface area contributed by atoms with Crippen LogP contribution in [0.4, 0.5) is 11.4 Å². The lowest BCUT2D eigenvalue weighted by Gasteiger charge is -2.12. The van der Waals surface area contributed by atoms with Crippen LogP contribution < -0.4 is 10.1 Å². The van der Waals surface area contributed by atoms with Crippen molar-refractivity contribution in [2.24, 2.45) is 0 Å². The predicted octanol–water partition coefficient (Wildman–Crippen LogP) is 4.42. The summed E-state index contributed by atoms with van der Waals surface area (Å²) in [7, 11) is 1.64. The minimum Gasteiger partial charge on any atom is -0.497 e. The number of anilines is 2. The quantitative estimate of drug-likeness (QED) is 0.775. The van der Waals surface area contributed by atoms with Gasteiger partial charge in [-0.2, -0.15) is 5.26 Å². The Labute approximate surface area is 135 Å². The summed E-state index contributed by atoms with van der Waals surface area (Å²) in [6.45, 7) is 2.11. The van der Waals surface area contributed by atoms with Crippen LogP contribution in [-0.4, -0.2) is 12.1 Å². The van der Waals surface area contributed by atoms with Gasteiger partial charge in [0, 0.05) is 17.3 Å². The highest BCUT2D eigenvalue weighted by atomic mass is 16.5. The number of rotatable bonds is 4. The van der Waals surface area contributed by atoms with Crippen molar-refractivity contribution in [1.82, 2.24) is 4.98 Å². The number of aryl methyl sites for hydroxylation is 1. The molecule has 0 saturated heterocycles. The zero-order valence-corrected chi connectivity index (χ0v) is 13.1. The molecule has 0 radical (unpaired) electrons. The molecule has 4 nitrogen and oxygen atoms in total. The average Bonchev–Trinajstić information content (AvgIpc) is 2.62. The third-order valence-electron chi connectivity index (χ3n) is 3.82. The molecule has 1 heterocycles. The Hall–Kier alpha value is -3.06. The molecule has 3 rings (SSSR count). The molecule has 0 bridgehead atoms. The standard InChI is InChI=1S/C19H17N3O/c1-3-13-4-9-18-17(10-13)19(14(11-20)12-21-18)22-15-5-7-16(23-2)8-6-15/h4-10,12H,3H2,1-2H3,(H,21,22). The largest absolute Gasteiger partial charge is 0.497 e. The number of benzene rings is 2. The van der Waals surface area contributed by atoms with E-state index in [0.29, 0.717) is 5.56 Å². The third kappa shape index (κ3) is 2.95. The van der Waals surface area contributed by atoms with Gasteiger partial charge in [-0.1, -0.05) is 13.0 Å². The fourth-order valence-electron chi connectivity index (χ4n) is 2.50. The molecule has 0 fully saturated rings. The Morgan fingerprint density at radius 2 is 1.96 bits per heavy atom. The van der Waals surface area contributed by atoms with Crippen molar-refractivity contribution in [2.75, 3.05) is 12.4 Å². The number of methoxy groups -OCH3 is 1. The molecule has 0 aliphatic heterocycles. The van der Waals surface area contributed by atoms with Crippen LogP contribution in [0.25, 0.3) is 10.9 Å². The predicted molar refractivity (Wildman–Crippen MR) is 92.1 cm³/mol. The molecule has 0 unspecified atom stereocenters. The zero-order chi connectivity index (χ0) is 16.2. The summed E-state index contributed by atoms with van der Waals surface area (Å²) < 4.78 is 5.17. The van der Waals surface area contributed by atoms with Gasteiger partial charge in [0.2, 0.25) is 0 Å². The number of fused-ring (bicyclic) bond motifs is 1. The van der Waals surface area contributed by atoms with E-state index < -0.39 is 0 Å². The Balaban J connectivity index is 2.11. The number of ether oxygens (including phenoxy) is 1. The van der Waals surface area contributed by atoms with Crippen LogP contribution >= 0.6 is 0 Å². The van der Waals surface area contributed by atoms with Gasteiger partial charge in [0.05, 0.1) is 23.9 Å². The summed E-state index contributed by atoms with van der Waals surface area (Å²) in [5, 5.41) is 13.7. The molecule has 0 atom stereocenters. The van der Waals surface area contributed by atoms with Crippen LogP contribution in [0.15, 0.2) is 48.7 Å². The van der Waals surface area contributed by atoms with E-state index >= 15 is 0 Å². The highest BCUT2D eigenvalue weighted by molar-refractivity contribution is 5.96. The topological polar surface area (TPSA) is 57.9 Å². The van der Waals surface area contributed by atoms with Gasteiger partial charge in [0.25, 0.3) is 0 Å². The molecular formula is C19H17N3O. The molecule has 3 aromatic rings. The van der Waals surface area contributed by atoms with E-state index in [-0.39, 0.29) is 0 Å². The van der Waals surface area contributed by atoms with Crippen molar-refractivity contribution in [1.29, 1.82) is 5.26 Å². The number of aromatic nitrogens is 1. The molecule has 0 amide bonds. The third-order valence-corrected chi connectivity index (χ3v) is 3.82. The number of hydrogen-bond donors (Lipinski definition) is 1. The van der Waals surface area contributed by atoms with Crippen molar-refractivity contribution in [3.05, 3.63) is 59.8 Å². The molecule has 0 saturated carbocycles. The van der Waals surface area contributed by atoms with Crippen LogP contribution in [0.1, 0.15) is 18.1 Å². The van der Waals surface area contributed by atoms with E-state index in [0.717, 1.165) is 34.4 Å². The van der Waals surface area contributed by atoms with Gasteiger partial charge in [-0.05, 0) is 48.4 Å². The van der Waals surface area contributed by atoms with Crippen LogP contribution in [0.5, 0.6) is 5.75 Å². The highest BCUT2D eigenvalue weighted by Crippen LogP contribution is 2.30. The van der Waals surface area contributed by atoms with E-state index in [1.54, 1.807) is 13.3 Å². The van der Waals surface area contributed by atoms with Crippen LogP contribution in [0.2, 0.25) is 0 Å². The lowest BCUT2D eigenvalue weighted by atomic mass is 10.1. The summed E-state index contributed by atoms with van der Waals surface area (Å²) in [4.78, 5) is 4.37. The molecule has 1 aromatic heterocycles. The van der Waals surface area contributed by atoms with Gasteiger partial charge in [0.15, 0.2) is 0 Å². The lowest BCUT2D eigenvalue weighted by molar-refractivity contribution is 0.415. The zero-order valence-electron chi connectivity index (χ0n) is 13.1. The van der Waals surface area contributed by atoms with E-state index in [1.165, 1.54) is 5.56 Å². The van der Waals surface area contributed by atoms with E-state index in [9.17, 15) is 5.26 Å². The van der Waals surface area contributed by atoms with E-state index in [1.807, 2.05) is 30.3 Å². The van der Waals surface area contributed by atoms with E-state index in [2.05, 4.69) is 35.4 Å². The molecule has 0 aliphatic rings. The van der Waals surface area contributed by atoms with Gasteiger partial charge >= 0.3 is 0 Å². The molecular weight excluding hydrogens is 286 g/mol. The number of hydrogen-bond acceptors (Lipinski definition) is 4. The Morgan fingerprint density at radius 3 is 2.61 bits per heavy atom. The number of pyridine rings is 1. The summed E-state index contributed by atoms with van der Waals surface area (Å²) >= 11 is 0. The fourth-order valence-corrected chi connectivity index (χ4v) is 2.50. The molecule has 2 aromatic carbocycles. The monoisotopic (exact) mass is 303 g/mol. The highest BCUT2D eigenvalue weighted by Gasteiger charge is 2.10. The minimum atomic E-state index is 0.529. The normalized spacial score (nSPS) is 10.3. The SMILES string of the molecule is CCc1ccc2ncc(C#N)c(Nc3ccc(OC)cc3)c2c1. The number of nitrogens with one attached hydrogen (secondary N) is 1. The minimum absolute atomic E-state index is 0.529. The summed E-state index contributed by atoms with van der Waals surface area (Å²) in [6.07, 6.45) is 2.55. The Morgan fingerprint density at radius 1 is 1.17 bits per heavy atom. The Kier molecular flexibility index (Phi) is 4.11. The molecule has 0 aliphatic carbocycles. The lowest BCUT2D eigenvalue weighted by Crippen LogP contribution is -1.97. The second kappa shape index (κ2) is 6.37. The Bertz CT molecular complexity index is 879. The van der Waals surface area contributed by atoms with Crippen molar-refractivity contribution in [3.8, 4) is 11.8 Å². The molecule has 114 valence electrons. The van der Waals surface area contributed by atoms with Crippen LogP contribution in [-0.2, 0) is 6.42 Å². The van der Waals surface area contributed by atoms with Gasteiger partial charge in [-0.3, -0.25) is 4.98 Å². The van der Waals surface area contributed by atoms with Crippen LogP contribution in [0.3, 0.4) is 0 Å². The first kappa shape index (κ1) is 14.9. The molecule has 4 heteroatoms. The average molecular weight is 303 g/mol. The van der Waals surface area contributed by atoms with Crippen molar-refractivity contribution >= 4 is 22.3 Å². The van der Waals surface area contributed by atoms with E-state index in [4.69, 9.17) is 4.74 Å².